The Morgan fingerprint density at radius 2 is 1.97 bits per heavy atom. The Labute approximate surface area is 186 Å². The van der Waals surface area contributed by atoms with Crippen LogP contribution in [0.2, 0.25) is 0 Å². The Morgan fingerprint density at radius 3 is 2.71 bits per heavy atom. The van der Waals surface area contributed by atoms with Crippen LogP contribution in [0.4, 0.5) is 0 Å². The molecule has 0 spiro atoms. The molecule has 8 heteroatoms. The van der Waals surface area contributed by atoms with Crippen LogP contribution in [0.1, 0.15) is 42.0 Å². The summed E-state index contributed by atoms with van der Waals surface area (Å²) in [6.45, 7) is 1.92. The summed E-state index contributed by atoms with van der Waals surface area (Å²) >= 11 is 3.44. The third-order valence-electron chi connectivity index (χ3n) is 5.35. The number of H-pyrrole nitrogens is 1. The highest BCUT2D eigenvalue weighted by molar-refractivity contribution is 9.10. The number of carboxylic acids is 1. The molecule has 2 N–H and O–H groups in total. The molecule has 4 rings (SSSR count). The number of rotatable bonds is 5. The van der Waals surface area contributed by atoms with Crippen molar-refractivity contribution in [2.24, 2.45) is 5.10 Å². The second-order valence-corrected chi connectivity index (χ2v) is 8.42. The molecule has 0 bridgehead atoms. The van der Waals surface area contributed by atoms with Crippen LogP contribution in [0.15, 0.2) is 62.9 Å². The van der Waals surface area contributed by atoms with Gasteiger partial charge in [0.2, 0.25) is 5.91 Å². The Hall–Kier alpha value is -3.26. The van der Waals surface area contributed by atoms with Gasteiger partial charge in [0.05, 0.1) is 23.7 Å². The van der Waals surface area contributed by atoms with Crippen molar-refractivity contribution in [1.82, 2.24) is 9.99 Å². The topological polar surface area (TPSA) is 103 Å². The number of hydrazone groups is 1. The van der Waals surface area contributed by atoms with Crippen molar-refractivity contribution in [3.63, 3.8) is 0 Å². The van der Waals surface area contributed by atoms with Crippen LogP contribution in [0, 0.1) is 6.92 Å². The first-order valence-corrected chi connectivity index (χ1v) is 10.6. The van der Waals surface area contributed by atoms with Gasteiger partial charge in [0.25, 0.3) is 5.56 Å². The van der Waals surface area contributed by atoms with Crippen molar-refractivity contribution in [2.45, 2.75) is 32.2 Å². The highest BCUT2D eigenvalue weighted by Crippen LogP contribution is 2.33. The fraction of sp³-hybridized carbons (Fsp3) is 0.217. The van der Waals surface area contributed by atoms with E-state index in [2.05, 4.69) is 26.0 Å². The van der Waals surface area contributed by atoms with Crippen LogP contribution >= 0.6 is 15.9 Å². The molecule has 2 aromatic carbocycles. The number of halogens is 1. The van der Waals surface area contributed by atoms with E-state index in [9.17, 15) is 14.4 Å². The molecule has 1 atom stereocenters. The van der Waals surface area contributed by atoms with Gasteiger partial charge < -0.3 is 10.1 Å². The van der Waals surface area contributed by atoms with E-state index in [4.69, 9.17) is 5.11 Å². The van der Waals surface area contributed by atoms with Gasteiger partial charge in [0.1, 0.15) is 0 Å². The van der Waals surface area contributed by atoms with E-state index < -0.39 is 17.9 Å². The van der Waals surface area contributed by atoms with Crippen molar-refractivity contribution >= 4 is 44.4 Å². The van der Waals surface area contributed by atoms with E-state index in [-0.39, 0.29) is 18.4 Å². The molecule has 3 aromatic rings. The summed E-state index contributed by atoms with van der Waals surface area (Å²) in [5.74, 6) is -1.49. The number of pyridine rings is 1. The quantitative estimate of drug-likeness (QED) is 0.571. The summed E-state index contributed by atoms with van der Waals surface area (Å²) in [5, 5.41) is 15.6. The lowest BCUT2D eigenvalue weighted by molar-refractivity contribution is -0.141. The number of nitrogens with one attached hydrogen (secondary N) is 1. The van der Waals surface area contributed by atoms with E-state index in [0.717, 1.165) is 26.5 Å². The Balaban J connectivity index is 1.77. The first-order chi connectivity index (χ1) is 14.8. The number of aromatic nitrogens is 1. The molecule has 0 saturated heterocycles. The molecule has 0 fully saturated rings. The predicted octanol–water partition coefficient (Wildman–Crippen LogP) is 4.14. The third kappa shape index (κ3) is 4.29. The number of benzene rings is 2. The average molecular weight is 482 g/mol. The number of amides is 1. The zero-order chi connectivity index (χ0) is 22.1. The first kappa shape index (κ1) is 21.0. The number of aromatic amines is 1. The van der Waals surface area contributed by atoms with Crippen LogP contribution in [0.5, 0.6) is 0 Å². The molecule has 2 heterocycles. The number of carbonyl (C=O) groups is 2. The number of hydrogen-bond acceptors (Lipinski definition) is 4. The molecular weight excluding hydrogens is 462 g/mol. The van der Waals surface area contributed by atoms with E-state index >= 15 is 0 Å². The van der Waals surface area contributed by atoms with Crippen LogP contribution in [0.25, 0.3) is 10.9 Å². The third-order valence-corrected chi connectivity index (χ3v) is 5.85. The monoisotopic (exact) mass is 481 g/mol. The maximum Gasteiger partial charge on any atom is 0.303 e. The van der Waals surface area contributed by atoms with Crippen molar-refractivity contribution in [3.8, 4) is 0 Å². The van der Waals surface area contributed by atoms with Crippen LogP contribution < -0.4 is 5.56 Å². The van der Waals surface area contributed by atoms with Gasteiger partial charge in [-0.25, -0.2) is 5.01 Å². The number of para-hydroxylation sites is 1. The molecule has 1 aliphatic rings. The molecule has 31 heavy (non-hydrogen) atoms. The first-order valence-electron chi connectivity index (χ1n) is 9.83. The normalized spacial score (nSPS) is 15.9. The lowest BCUT2D eigenvalue weighted by Crippen LogP contribution is -2.31. The SMILES string of the molecule is Cc1cccc2cc([C@@H]3CC(c4cccc(Br)c4)=NN3C(=O)CCC(=O)O)c(=O)[nH]c12. The summed E-state index contributed by atoms with van der Waals surface area (Å²) in [5.41, 5.74) is 3.35. The Bertz CT molecular complexity index is 1280. The van der Waals surface area contributed by atoms with Crippen LogP contribution in [-0.4, -0.2) is 32.7 Å². The minimum absolute atomic E-state index is 0.189. The summed E-state index contributed by atoms with van der Waals surface area (Å²) < 4.78 is 0.874. The van der Waals surface area contributed by atoms with Gasteiger partial charge in [0, 0.05) is 22.9 Å². The number of carbonyl (C=O) groups excluding carboxylic acids is 1. The molecule has 1 amide bonds. The van der Waals surface area contributed by atoms with Gasteiger partial charge >= 0.3 is 5.97 Å². The molecule has 0 saturated carbocycles. The molecule has 0 radical (unpaired) electrons. The summed E-state index contributed by atoms with van der Waals surface area (Å²) in [6, 6.07) is 14.5. The van der Waals surface area contributed by atoms with Gasteiger partial charge in [-0.3, -0.25) is 14.4 Å². The maximum atomic E-state index is 13.0. The number of carboxylic acid groups (broad SMARTS) is 1. The van der Waals surface area contributed by atoms with Gasteiger partial charge in [-0.1, -0.05) is 46.3 Å². The van der Waals surface area contributed by atoms with E-state index in [0.29, 0.717) is 17.7 Å². The zero-order valence-electron chi connectivity index (χ0n) is 16.8. The number of hydrogen-bond donors (Lipinski definition) is 2. The van der Waals surface area contributed by atoms with Crippen LogP contribution in [0.3, 0.4) is 0 Å². The summed E-state index contributed by atoms with van der Waals surface area (Å²) in [7, 11) is 0. The standard InChI is InChI=1S/C23H20BrN3O4/c1-13-4-2-6-15-11-17(23(31)25-22(13)15)19-12-18(14-5-3-7-16(24)10-14)26-27(19)20(28)8-9-21(29)30/h2-7,10-11,19H,8-9,12H2,1H3,(H,25,31)(H,29,30)/t19-/m0/s1. The smallest absolute Gasteiger partial charge is 0.303 e. The minimum Gasteiger partial charge on any atom is -0.481 e. The Morgan fingerprint density at radius 1 is 1.19 bits per heavy atom. The second kappa shape index (κ2) is 8.47. The average Bonchev–Trinajstić information content (AvgIpc) is 3.17. The zero-order valence-corrected chi connectivity index (χ0v) is 18.3. The fourth-order valence-electron chi connectivity index (χ4n) is 3.80. The Kier molecular flexibility index (Phi) is 5.73. The van der Waals surface area contributed by atoms with E-state index in [1.54, 1.807) is 6.07 Å². The number of aryl methyl sites for hydroxylation is 1. The van der Waals surface area contributed by atoms with E-state index in [1.165, 1.54) is 5.01 Å². The molecule has 1 aromatic heterocycles. The summed E-state index contributed by atoms with van der Waals surface area (Å²) in [4.78, 5) is 39.7. The molecule has 0 unspecified atom stereocenters. The maximum absolute atomic E-state index is 13.0. The second-order valence-electron chi connectivity index (χ2n) is 7.50. The molecule has 1 aliphatic heterocycles. The number of fused-ring (bicyclic) bond motifs is 1. The van der Waals surface area contributed by atoms with E-state index in [1.807, 2.05) is 49.4 Å². The molecular formula is C23H20BrN3O4. The number of aliphatic carboxylic acids is 1. The van der Waals surface area contributed by atoms with Crippen molar-refractivity contribution in [1.29, 1.82) is 0 Å². The fourth-order valence-corrected chi connectivity index (χ4v) is 4.20. The lowest BCUT2D eigenvalue weighted by Gasteiger charge is -2.21. The number of nitrogens with zero attached hydrogens (tertiary/aromatic N) is 2. The van der Waals surface area contributed by atoms with Gasteiger partial charge in [-0.15, -0.1) is 0 Å². The van der Waals surface area contributed by atoms with Gasteiger partial charge in [-0.2, -0.15) is 5.10 Å². The van der Waals surface area contributed by atoms with Gasteiger partial charge in [-0.05, 0) is 41.6 Å². The molecule has 7 nitrogen and oxygen atoms in total. The van der Waals surface area contributed by atoms with Crippen molar-refractivity contribution < 1.29 is 14.7 Å². The molecule has 0 aliphatic carbocycles. The predicted molar refractivity (Wildman–Crippen MR) is 121 cm³/mol. The molecule has 158 valence electrons. The lowest BCUT2D eigenvalue weighted by atomic mass is 9.97. The van der Waals surface area contributed by atoms with Crippen molar-refractivity contribution in [3.05, 3.63) is 80.0 Å². The van der Waals surface area contributed by atoms with Gasteiger partial charge in [0.15, 0.2) is 0 Å². The summed E-state index contributed by atoms with van der Waals surface area (Å²) in [6.07, 6.45) is -0.127. The van der Waals surface area contributed by atoms with Crippen molar-refractivity contribution in [2.75, 3.05) is 0 Å². The minimum atomic E-state index is -1.06. The van der Waals surface area contributed by atoms with Crippen LogP contribution in [-0.2, 0) is 9.59 Å². The largest absolute Gasteiger partial charge is 0.481 e. The highest BCUT2D eigenvalue weighted by Gasteiger charge is 2.35. The highest BCUT2D eigenvalue weighted by atomic mass is 79.9.